The molecule has 0 atom stereocenters. The van der Waals surface area contributed by atoms with Crippen LogP contribution in [0.4, 0.5) is 0 Å². The van der Waals surface area contributed by atoms with Crippen LogP contribution in [0.3, 0.4) is 0 Å². The van der Waals surface area contributed by atoms with Gasteiger partial charge in [-0.2, -0.15) is 0 Å². The third kappa shape index (κ3) is 1.19. The molecule has 4 nitrogen and oxygen atoms in total. The Hall–Kier alpha value is -1.39. The van der Waals surface area contributed by atoms with Gasteiger partial charge in [-0.1, -0.05) is 6.07 Å². The van der Waals surface area contributed by atoms with Crippen molar-refractivity contribution in [1.29, 1.82) is 0 Å². The zero-order valence-corrected chi connectivity index (χ0v) is 8.23. The first-order valence-corrected chi connectivity index (χ1v) is 4.96. The molecule has 1 aliphatic rings. The minimum atomic E-state index is -0.195. The first-order chi connectivity index (χ1) is 7.34. The molecule has 0 bridgehead atoms. The molecule has 2 aromatic rings. The van der Waals surface area contributed by atoms with E-state index in [9.17, 15) is 5.11 Å². The Kier molecular flexibility index (Phi) is 1.81. The Morgan fingerprint density at radius 3 is 3.00 bits per heavy atom. The molecule has 1 aromatic carbocycles. The molecular formula is C11H12N2O2. The Morgan fingerprint density at radius 2 is 2.33 bits per heavy atom. The van der Waals surface area contributed by atoms with Crippen LogP contribution in [0, 0.1) is 0 Å². The normalized spacial score (nSPS) is 19.0. The fourth-order valence-corrected chi connectivity index (χ4v) is 1.96. The summed E-state index contributed by atoms with van der Waals surface area (Å²) < 4.78 is 5.19. The molecule has 78 valence electrons. The highest BCUT2D eigenvalue weighted by Crippen LogP contribution is 2.32. The second-order valence-electron chi connectivity index (χ2n) is 4.07. The molecule has 0 radical (unpaired) electrons. The molecule has 3 rings (SSSR count). The van der Waals surface area contributed by atoms with Crippen molar-refractivity contribution in [1.82, 2.24) is 9.97 Å². The minimum absolute atomic E-state index is 0.132. The molecule has 15 heavy (non-hydrogen) atoms. The molecule has 0 aliphatic carbocycles. The van der Waals surface area contributed by atoms with Gasteiger partial charge in [-0.3, -0.25) is 0 Å². The van der Waals surface area contributed by atoms with Crippen molar-refractivity contribution < 1.29 is 9.84 Å². The lowest BCUT2D eigenvalue weighted by Gasteiger charge is -2.40. The standard InChI is InChI=1S/C11H12N2O2/c14-4-11(5-15-6-11)8-1-2-9-10(3-8)13-7-12-9/h1-3,7,14H,4-6H2,(H,12,13). The number of imidazole rings is 1. The van der Waals surface area contributed by atoms with Gasteiger partial charge in [0.25, 0.3) is 0 Å². The molecule has 0 amide bonds. The maximum absolute atomic E-state index is 9.41. The van der Waals surface area contributed by atoms with E-state index in [0.717, 1.165) is 16.6 Å². The zero-order chi connectivity index (χ0) is 10.3. The van der Waals surface area contributed by atoms with E-state index in [-0.39, 0.29) is 12.0 Å². The van der Waals surface area contributed by atoms with Crippen molar-refractivity contribution in [2.75, 3.05) is 19.8 Å². The van der Waals surface area contributed by atoms with Gasteiger partial charge in [0.15, 0.2) is 0 Å². The Morgan fingerprint density at radius 1 is 1.47 bits per heavy atom. The van der Waals surface area contributed by atoms with Gasteiger partial charge in [-0.25, -0.2) is 4.98 Å². The van der Waals surface area contributed by atoms with Gasteiger partial charge < -0.3 is 14.8 Å². The summed E-state index contributed by atoms with van der Waals surface area (Å²) in [4.78, 5) is 7.23. The topological polar surface area (TPSA) is 58.1 Å². The molecule has 0 spiro atoms. The summed E-state index contributed by atoms with van der Waals surface area (Å²) in [5.74, 6) is 0. The van der Waals surface area contributed by atoms with E-state index in [1.165, 1.54) is 0 Å². The predicted molar refractivity (Wildman–Crippen MR) is 55.7 cm³/mol. The molecular weight excluding hydrogens is 192 g/mol. The van der Waals surface area contributed by atoms with Crippen LogP contribution in [0.25, 0.3) is 11.0 Å². The van der Waals surface area contributed by atoms with Crippen molar-refractivity contribution in [2.45, 2.75) is 5.41 Å². The number of benzene rings is 1. The van der Waals surface area contributed by atoms with Crippen molar-refractivity contribution in [3.8, 4) is 0 Å². The average molecular weight is 204 g/mol. The summed E-state index contributed by atoms with van der Waals surface area (Å²) in [6.45, 7) is 1.33. The number of rotatable bonds is 2. The Balaban J connectivity index is 2.10. The molecule has 1 aliphatic heterocycles. The van der Waals surface area contributed by atoms with Crippen LogP contribution in [0.1, 0.15) is 5.56 Å². The maximum atomic E-state index is 9.41. The molecule has 1 aromatic heterocycles. The van der Waals surface area contributed by atoms with Crippen LogP contribution in [0.2, 0.25) is 0 Å². The number of nitrogens with zero attached hydrogens (tertiary/aromatic N) is 1. The lowest BCUT2D eigenvalue weighted by Crippen LogP contribution is -2.49. The van der Waals surface area contributed by atoms with Crippen LogP contribution < -0.4 is 0 Å². The molecule has 0 saturated carbocycles. The average Bonchev–Trinajstić information content (AvgIpc) is 2.64. The molecule has 1 saturated heterocycles. The number of aromatic amines is 1. The van der Waals surface area contributed by atoms with Gasteiger partial charge in [-0.15, -0.1) is 0 Å². The maximum Gasteiger partial charge on any atom is 0.0931 e. The van der Waals surface area contributed by atoms with E-state index < -0.39 is 0 Å². The summed E-state index contributed by atoms with van der Waals surface area (Å²) in [6, 6.07) is 6.03. The highest BCUT2D eigenvalue weighted by atomic mass is 16.5. The smallest absolute Gasteiger partial charge is 0.0931 e. The zero-order valence-electron chi connectivity index (χ0n) is 8.23. The number of ether oxygens (including phenoxy) is 1. The molecule has 2 heterocycles. The van der Waals surface area contributed by atoms with Gasteiger partial charge in [0, 0.05) is 0 Å². The van der Waals surface area contributed by atoms with E-state index >= 15 is 0 Å². The lowest BCUT2D eigenvalue weighted by molar-refractivity contribution is -0.0841. The highest BCUT2D eigenvalue weighted by Gasteiger charge is 2.39. The number of hydrogen-bond donors (Lipinski definition) is 2. The second-order valence-corrected chi connectivity index (χ2v) is 4.07. The van der Waals surface area contributed by atoms with E-state index in [2.05, 4.69) is 9.97 Å². The molecule has 2 N–H and O–H groups in total. The van der Waals surface area contributed by atoms with Gasteiger partial charge >= 0.3 is 0 Å². The van der Waals surface area contributed by atoms with Gasteiger partial charge in [0.05, 0.1) is 42.6 Å². The van der Waals surface area contributed by atoms with Crippen LogP contribution in [0.5, 0.6) is 0 Å². The fourth-order valence-electron chi connectivity index (χ4n) is 1.96. The second kappa shape index (κ2) is 3.05. The minimum Gasteiger partial charge on any atom is -0.395 e. The van der Waals surface area contributed by atoms with Crippen molar-refractivity contribution in [3.05, 3.63) is 30.1 Å². The number of hydrogen-bond acceptors (Lipinski definition) is 3. The number of fused-ring (bicyclic) bond motifs is 1. The third-order valence-electron chi connectivity index (χ3n) is 3.09. The Bertz CT molecular complexity index is 483. The molecule has 4 heteroatoms. The van der Waals surface area contributed by atoms with Crippen molar-refractivity contribution in [3.63, 3.8) is 0 Å². The number of aromatic nitrogens is 2. The number of H-pyrrole nitrogens is 1. The van der Waals surface area contributed by atoms with Gasteiger partial charge in [0.2, 0.25) is 0 Å². The molecule has 1 fully saturated rings. The summed E-state index contributed by atoms with van der Waals surface area (Å²) in [5, 5.41) is 9.41. The van der Waals surface area contributed by atoms with E-state index in [4.69, 9.17) is 4.74 Å². The van der Waals surface area contributed by atoms with Gasteiger partial charge in [-0.05, 0) is 17.7 Å². The van der Waals surface area contributed by atoms with E-state index in [1.54, 1.807) is 6.33 Å². The first kappa shape index (κ1) is 8.88. The number of aliphatic hydroxyl groups excluding tert-OH is 1. The third-order valence-corrected chi connectivity index (χ3v) is 3.09. The quantitative estimate of drug-likeness (QED) is 0.761. The summed E-state index contributed by atoms with van der Waals surface area (Å²) >= 11 is 0. The fraction of sp³-hybridized carbons (Fsp3) is 0.364. The summed E-state index contributed by atoms with van der Waals surface area (Å²) in [5.41, 5.74) is 2.88. The monoisotopic (exact) mass is 204 g/mol. The summed E-state index contributed by atoms with van der Waals surface area (Å²) in [7, 11) is 0. The lowest BCUT2D eigenvalue weighted by atomic mass is 9.79. The van der Waals surface area contributed by atoms with Crippen LogP contribution in [-0.2, 0) is 10.2 Å². The Labute approximate surface area is 86.9 Å². The van der Waals surface area contributed by atoms with Crippen molar-refractivity contribution >= 4 is 11.0 Å². The van der Waals surface area contributed by atoms with E-state index in [0.29, 0.717) is 13.2 Å². The van der Waals surface area contributed by atoms with E-state index in [1.807, 2.05) is 18.2 Å². The molecule has 0 unspecified atom stereocenters. The van der Waals surface area contributed by atoms with Crippen LogP contribution in [0.15, 0.2) is 24.5 Å². The number of nitrogens with one attached hydrogen (secondary N) is 1. The first-order valence-electron chi connectivity index (χ1n) is 4.96. The van der Waals surface area contributed by atoms with Crippen LogP contribution >= 0.6 is 0 Å². The highest BCUT2D eigenvalue weighted by molar-refractivity contribution is 5.75. The SMILES string of the molecule is OCC1(c2ccc3nc[nH]c3c2)COC1. The van der Waals surface area contributed by atoms with Crippen molar-refractivity contribution in [2.24, 2.45) is 0 Å². The van der Waals surface area contributed by atoms with Gasteiger partial charge in [0.1, 0.15) is 0 Å². The van der Waals surface area contributed by atoms with Crippen LogP contribution in [-0.4, -0.2) is 34.9 Å². The number of aliphatic hydroxyl groups is 1. The predicted octanol–water partition coefficient (Wildman–Crippen LogP) is 0.823. The summed E-state index contributed by atoms with van der Waals surface area (Å²) in [6.07, 6.45) is 1.68. The largest absolute Gasteiger partial charge is 0.395 e.